The molecule has 0 unspecified atom stereocenters. The Morgan fingerprint density at radius 3 is 2.20 bits per heavy atom. The van der Waals surface area contributed by atoms with Crippen molar-refractivity contribution < 1.29 is 23.1 Å². The van der Waals surface area contributed by atoms with E-state index in [0.29, 0.717) is 38.5 Å². The molecular weight excluding hydrogens is 552 g/mol. The number of hydrogen-bond acceptors (Lipinski definition) is 8. The molecule has 14 heteroatoms. The number of amidine groups is 1. The molecule has 2 saturated carbocycles. The molecule has 2 saturated heterocycles. The van der Waals surface area contributed by atoms with Gasteiger partial charge in [-0.2, -0.15) is 0 Å². The van der Waals surface area contributed by atoms with Crippen molar-refractivity contribution in [3.05, 3.63) is 26.4 Å². The summed E-state index contributed by atoms with van der Waals surface area (Å²) in [7, 11) is -1.69. The SMILES string of the molecule is CN1C(=O)N(C[C@@H]2CCS(=O)(=O)C2)[C@@](C)(CC2CCC(n3c(=O)c(C(=N)N)c(O)n(CC4CCC4)c3=O)CC2)C1=O. The fourth-order valence-corrected chi connectivity index (χ4v) is 9.04. The van der Waals surface area contributed by atoms with Crippen LogP contribution in [-0.4, -0.2) is 80.9 Å². The van der Waals surface area contributed by atoms with Gasteiger partial charge in [-0.15, -0.1) is 0 Å². The summed E-state index contributed by atoms with van der Waals surface area (Å²) in [6.07, 6.45) is 5.90. The zero-order valence-corrected chi connectivity index (χ0v) is 24.5. The lowest BCUT2D eigenvalue weighted by atomic mass is 9.77. The Kier molecular flexibility index (Phi) is 7.58. The van der Waals surface area contributed by atoms with Crippen LogP contribution in [0.3, 0.4) is 0 Å². The maximum Gasteiger partial charge on any atom is 0.334 e. The predicted octanol–water partition coefficient (Wildman–Crippen LogP) is 1.01. The van der Waals surface area contributed by atoms with Gasteiger partial charge in [-0.1, -0.05) is 6.42 Å². The second kappa shape index (κ2) is 10.6. The first-order valence-corrected chi connectivity index (χ1v) is 16.3. The van der Waals surface area contributed by atoms with Gasteiger partial charge in [0.25, 0.3) is 11.5 Å². The zero-order valence-electron chi connectivity index (χ0n) is 23.7. The van der Waals surface area contributed by atoms with E-state index in [1.807, 2.05) is 0 Å². The molecule has 3 heterocycles. The van der Waals surface area contributed by atoms with E-state index in [1.165, 1.54) is 16.5 Å². The topological polar surface area (TPSA) is 189 Å². The van der Waals surface area contributed by atoms with Crippen LogP contribution in [0.2, 0.25) is 0 Å². The number of hydrogen-bond donors (Lipinski definition) is 3. The Bertz CT molecular complexity index is 1490. The zero-order chi connectivity index (χ0) is 29.9. The summed E-state index contributed by atoms with van der Waals surface area (Å²) < 4.78 is 26.3. The molecule has 13 nitrogen and oxygen atoms in total. The molecular formula is C27H40N6O7S. The molecule has 5 rings (SSSR count). The summed E-state index contributed by atoms with van der Waals surface area (Å²) in [6, 6.07) is -0.872. The van der Waals surface area contributed by atoms with Crippen molar-refractivity contribution in [2.45, 2.75) is 82.8 Å². The fourth-order valence-electron chi connectivity index (χ4n) is 7.19. The molecule has 4 N–H and O–H groups in total. The van der Waals surface area contributed by atoms with Crippen LogP contribution >= 0.6 is 0 Å². The number of nitrogen functional groups attached to an aromatic ring is 1. The number of nitrogens with two attached hydrogens (primary N) is 1. The van der Waals surface area contributed by atoms with Gasteiger partial charge in [0.1, 0.15) is 16.9 Å². The number of carbonyl (C=O) groups excluding carboxylic acids is 2. The molecule has 1 aromatic rings. The van der Waals surface area contributed by atoms with Crippen molar-refractivity contribution in [2.75, 3.05) is 25.1 Å². The third-order valence-corrected chi connectivity index (χ3v) is 11.6. The minimum absolute atomic E-state index is 0.0117. The van der Waals surface area contributed by atoms with Crippen LogP contribution in [0, 0.1) is 23.2 Å². The van der Waals surface area contributed by atoms with Crippen LogP contribution in [0.25, 0.3) is 0 Å². The lowest BCUT2D eigenvalue weighted by Crippen LogP contribution is -2.51. The molecule has 4 fully saturated rings. The maximum atomic E-state index is 13.5. The molecule has 0 bridgehead atoms. The van der Waals surface area contributed by atoms with Gasteiger partial charge in [0.05, 0.1) is 11.5 Å². The van der Waals surface area contributed by atoms with Crippen LogP contribution in [0.5, 0.6) is 5.88 Å². The van der Waals surface area contributed by atoms with E-state index in [4.69, 9.17) is 11.1 Å². The van der Waals surface area contributed by atoms with Gasteiger partial charge < -0.3 is 15.7 Å². The van der Waals surface area contributed by atoms with E-state index in [0.717, 1.165) is 28.7 Å². The van der Waals surface area contributed by atoms with Gasteiger partial charge in [-0.05, 0) is 76.0 Å². The first-order chi connectivity index (χ1) is 19.2. The number of aromatic hydroxyl groups is 1. The second-order valence-corrected chi connectivity index (χ2v) is 14.9. The number of urea groups is 1. The first kappa shape index (κ1) is 29.3. The number of imide groups is 1. The molecule has 4 aliphatic rings. The van der Waals surface area contributed by atoms with E-state index < -0.39 is 50.4 Å². The Hall–Kier alpha value is -3.16. The van der Waals surface area contributed by atoms with Crippen LogP contribution in [0.1, 0.15) is 76.3 Å². The monoisotopic (exact) mass is 592 g/mol. The molecule has 1 aromatic heterocycles. The van der Waals surface area contributed by atoms with E-state index in [1.54, 1.807) is 6.92 Å². The highest BCUT2D eigenvalue weighted by Crippen LogP contribution is 2.41. The Balaban J connectivity index is 1.34. The number of aromatic nitrogens is 2. The highest BCUT2D eigenvalue weighted by molar-refractivity contribution is 7.91. The lowest BCUT2D eigenvalue weighted by Gasteiger charge is -2.38. The number of sulfone groups is 1. The fraction of sp³-hybridized carbons (Fsp3) is 0.741. The molecule has 41 heavy (non-hydrogen) atoms. The molecule has 3 amide bonds. The molecule has 226 valence electrons. The standard InChI is InChI=1S/C27H40N6O7S/c1-27(24(36)30(2)25(37)32(27)14-18-10-11-41(39,40)15-18)12-16-6-8-19(9-7-16)33-23(35)20(21(28)29)22(34)31(26(33)38)13-17-4-3-5-17/h16-19,34H,3-15H2,1-2H3,(H3,28,29)/t16?,18-,19?,27-/m0/s1. The van der Waals surface area contributed by atoms with Crippen LogP contribution < -0.4 is 17.0 Å². The minimum atomic E-state index is -3.13. The average molecular weight is 593 g/mol. The Labute approximate surface area is 238 Å². The molecule has 0 spiro atoms. The van der Waals surface area contributed by atoms with E-state index in [9.17, 15) is 32.7 Å². The molecule has 2 aliphatic carbocycles. The van der Waals surface area contributed by atoms with Crippen LogP contribution in [-0.2, 0) is 21.2 Å². The summed E-state index contributed by atoms with van der Waals surface area (Å²) in [5.41, 5.74) is 2.82. The van der Waals surface area contributed by atoms with E-state index in [-0.39, 0.29) is 53.8 Å². The molecule has 2 aliphatic heterocycles. The van der Waals surface area contributed by atoms with Crippen molar-refractivity contribution in [2.24, 2.45) is 23.5 Å². The predicted molar refractivity (Wildman–Crippen MR) is 151 cm³/mol. The van der Waals surface area contributed by atoms with E-state index in [2.05, 4.69) is 0 Å². The average Bonchev–Trinajstić information content (AvgIpc) is 3.29. The lowest BCUT2D eigenvalue weighted by molar-refractivity contribution is -0.132. The third kappa shape index (κ3) is 5.19. The van der Waals surface area contributed by atoms with Crippen LogP contribution in [0.15, 0.2) is 9.59 Å². The number of carbonyl (C=O) groups is 2. The number of nitrogens with zero attached hydrogens (tertiary/aromatic N) is 4. The summed E-state index contributed by atoms with van der Waals surface area (Å²) >= 11 is 0. The molecule has 2 atom stereocenters. The molecule has 0 radical (unpaired) electrons. The van der Waals surface area contributed by atoms with Crippen molar-refractivity contribution in [3.8, 4) is 5.88 Å². The van der Waals surface area contributed by atoms with Crippen molar-refractivity contribution in [1.29, 1.82) is 5.41 Å². The summed E-state index contributed by atoms with van der Waals surface area (Å²) in [6.45, 7) is 2.22. The Morgan fingerprint density at radius 2 is 1.66 bits per heavy atom. The van der Waals surface area contributed by atoms with Gasteiger partial charge in [0.2, 0.25) is 5.88 Å². The van der Waals surface area contributed by atoms with Gasteiger partial charge in [0.15, 0.2) is 9.84 Å². The number of likely N-dealkylation sites (N-methyl/N-ethyl adjacent to an activating group) is 1. The van der Waals surface area contributed by atoms with Gasteiger partial charge in [-0.25, -0.2) is 18.0 Å². The summed E-state index contributed by atoms with van der Waals surface area (Å²) in [4.78, 5) is 55.7. The quantitative estimate of drug-likeness (QED) is 0.226. The number of rotatable bonds is 8. The van der Waals surface area contributed by atoms with E-state index >= 15 is 0 Å². The molecule has 0 aromatic carbocycles. The largest absolute Gasteiger partial charge is 0.494 e. The normalized spacial score (nSPS) is 30.1. The minimum Gasteiger partial charge on any atom is -0.494 e. The van der Waals surface area contributed by atoms with Crippen molar-refractivity contribution >= 4 is 27.6 Å². The summed E-state index contributed by atoms with van der Waals surface area (Å²) in [5, 5.41) is 18.6. The maximum absolute atomic E-state index is 13.5. The van der Waals surface area contributed by atoms with Gasteiger partial charge in [-0.3, -0.25) is 29.0 Å². The first-order valence-electron chi connectivity index (χ1n) is 14.5. The number of amides is 3. The smallest absolute Gasteiger partial charge is 0.334 e. The van der Waals surface area contributed by atoms with Crippen molar-refractivity contribution in [3.63, 3.8) is 0 Å². The third-order valence-electron chi connectivity index (χ3n) is 9.80. The Morgan fingerprint density at radius 1 is 1.00 bits per heavy atom. The number of nitrogens with one attached hydrogen (secondary N) is 1. The van der Waals surface area contributed by atoms with Gasteiger partial charge in [0, 0.05) is 26.2 Å². The highest BCUT2D eigenvalue weighted by atomic mass is 32.2. The van der Waals surface area contributed by atoms with Crippen molar-refractivity contribution in [1.82, 2.24) is 18.9 Å². The van der Waals surface area contributed by atoms with Gasteiger partial charge >= 0.3 is 11.7 Å². The summed E-state index contributed by atoms with van der Waals surface area (Å²) in [5.74, 6) is -1.31. The second-order valence-electron chi connectivity index (χ2n) is 12.7. The highest BCUT2D eigenvalue weighted by Gasteiger charge is 2.54. The van der Waals surface area contributed by atoms with Crippen LogP contribution in [0.4, 0.5) is 4.79 Å².